The molecule has 1 N–H and O–H groups in total. The number of carboxylic acid groups (broad SMARTS) is 1. The smallest absolute Gasteiger partial charge is 0.406 e. The first-order valence-electron chi connectivity index (χ1n) is 6.90. The highest BCUT2D eigenvalue weighted by atomic mass is 19.4. The average Bonchev–Trinajstić information content (AvgIpc) is 2.92. The van der Waals surface area contributed by atoms with Crippen LogP contribution in [0.2, 0.25) is 0 Å². The van der Waals surface area contributed by atoms with Gasteiger partial charge in [0.15, 0.2) is 5.41 Å². The predicted molar refractivity (Wildman–Crippen MR) is 72.5 cm³/mol. The zero-order chi connectivity index (χ0) is 16.5. The fourth-order valence-electron chi connectivity index (χ4n) is 2.72. The Morgan fingerprint density at radius 2 is 1.95 bits per heavy atom. The second-order valence-corrected chi connectivity index (χ2v) is 5.37. The highest BCUT2D eigenvalue weighted by Gasteiger charge is 2.64. The van der Waals surface area contributed by atoms with Gasteiger partial charge in [-0.15, -0.1) is 0 Å². The van der Waals surface area contributed by atoms with E-state index in [1.54, 1.807) is 24.3 Å². The number of aryl methyl sites for hydroxylation is 1. The number of hydrogen-bond donors (Lipinski definition) is 1. The van der Waals surface area contributed by atoms with Crippen molar-refractivity contribution in [2.75, 3.05) is 13.1 Å². The van der Waals surface area contributed by atoms with Gasteiger partial charge in [0.25, 0.3) is 5.91 Å². The molecule has 1 heterocycles. The van der Waals surface area contributed by atoms with Crippen molar-refractivity contribution >= 4 is 11.9 Å². The Hall–Kier alpha value is -2.05. The molecule has 0 aliphatic carbocycles. The molecule has 1 atom stereocenters. The molecule has 1 amide bonds. The SMILES string of the molecule is CCc1ccccc1C(=O)N1CCC(C(=O)O)(C(F)(F)F)C1. The average molecular weight is 315 g/mol. The van der Waals surface area contributed by atoms with Gasteiger partial charge in [-0.05, 0) is 24.5 Å². The molecule has 0 bridgehead atoms. The molecule has 2 rings (SSSR count). The third-order valence-electron chi connectivity index (χ3n) is 4.14. The van der Waals surface area contributed by atoms with Crippen molar-refractivity contribution in [2.24, 2.45) is 5.41 Å². The predicted octanol–water partition coefficient (Wildman–Crippen LogP) is 2.73. The lowest BCUT2D eigenvalue weighted by atomic mass is 9.86. The van der Waals surface area contributed by atoms with Crippen LogP contribution in [0.5, 0.6) is 0 Å². The van der Waals surface area contributed by atoms with E-state index >= 15 is 0 Å². The van der Waals surface area contributed by atoms with E-state index in [9.17, 15) is 22.8 Å². The minimum Gasteiger partial charge on any atom is -0.481 e. The number of alkyl halides is 3. The first-order valence-corrected chi connectivity index (χ1v) is 6.90. The first kappa shape index (κ1) is 16.3. The Kier molecular flexibility index (Phi) is 4.17. The van der Waals surface area contributed by atoms with Crippen LogP contribution in [0.15, 0.2) is 24.3 Å². The first-order chi connectivity index (χ1) is 10.2. The van der Waals surface area contributed by atoms with E-state index in [0.29, 0.717) is 12.0 Å². The third kappa shape index (κ3) is 2.55. The van der Waals surface area contributed by atoms with Crippen molar-refractivity contribution in [3.63, 3.8) is 0 Å². The molecule has 120 valence electrons. The molecular weight excluding hydrogens is 299 g/mol. The fraction of sp³-hybridized carbons (Fsp3) is 0.467. The van der Waals surface area contributed by atoms with Gasteiger partial charge in [0, 0.05) is 18.7 Å². The van der Waals surface area contributed by atoms with Crippen molar-refractivity contribution < 1.29 is 27.9 Å². The molecule has 1 aromatic rings. The normalized spacial score (nSPS) is 21.9. The molecule has 1 aromatic carbocycles. The highest BCUT2D eigenvalue weighted by Crippen LogP contribution is 2.46. The van der Waals surface area contributed by atoms with E-state index in [1.807, 2.05) is 6.92 Å². The van der Waals surface area contributed by atoms with Gasteiger partial charge in [-0.1, -0.05) is 25.1 Å². The van der Waals surface area contributed by atoms with E-state index < -0.39 is 36.4 Å². The number of aliphatic carboxylic acids is 1. The summed E-state index contributed by atoms with van der Waals surface area (Å²) in [6, 6.07) is 6.67. The maximum atomic E-state index is 13.1. The number of likely N-dealkylation sites (tertiary alicyclic amines) is 1. The zero-order valence-corrected chi connectivity index (χ0v) is 12.0. The van der Waals surface area contributed by atoms with Crippen molar-refractivity contribution in [3.05, 3.63) is 35.4 Å². The Morgan fingerprint density at radius 3 is 2.45 bits per heavy atom. The van der Waals surface area contributed by atoms with Crippen LogP contribution in [0, 0.1) is 5.41 Å². The van der Waals surface area contributed by atoms with Gasteiger partial charge in [-0.3, -0.25) is 9.59 Å². The molecule has 4 nitrogen and oxygen atoms in total. The monoisotopic (exact) mass is 315 g/mol. The van der Waals surface area contributed by atoms with Crippen molar-refractivity contribution in [3.8, 4) is 0 Å². The molecule has 7 heteroatoms. The van der Waals surface area contributed by atoms with Gasteiger partial charge < -0.3 is 10.0 Å². The van der Waals surface area contributed by atoms with Crippen LogP contribution in [-0.4, -0.2) is 41.1 Å². The maximum absolute atomic E-state index is 13.1. The van der Waals surface area contributed by atoms with E-state index in [0.717, 1.165) is 10.5 Å². The maximum Gasteiger partial charge on any atom is 0.406 e. The van der Waals surface area contributed by atoms with Crippen LogP contribution in [0.3, 0.4) is 0 Å². The summed E-state index contributed by atoms with van der Waals surface area (Å²) in [4.78, 5) is 24.6. The van der Waals surface area contributed by atoms with Gasteiger partial charge in [-0.25, -0.2) is 0 Å². The standard InChI is InChI=1S/C15H16F3NO3/c1-2-10-5-3-4-6-11(10)12(20)19-8-7-14(9-19,13(21)22)15(16,17)18/h3-6H,2,7-9H2,1H3,(H,21,22). The number of hydrogen-bond acceptors (Lipinski definition) is 2. The molecule has 1 unspecified atom stereocenters. The summed E-state index contributed by atoms with van der Waals surface area (Å²) in [5, 5.41) is 9.01. The van der Waals surface area contributed by atoms with Gasteiger partial charge in [-0.2, -0.15) is 13.2 Å². The van der Waals surface area contributed by atoms with Crippen molar-refractivity contribution in [1.82, 2.24) is 4.90 Å². The number of carboxylic acids is 1. The molecule has 0 aromatic heterocycles. The zero-order valence-electron chi connectivity index (χ0n) is 12.0. The fourth-order valence-corrected chi connectivity index (χ4v) is 2.72. The Labute approximate surface area is 125 Å². The Balaban J connectivity index is 2.29. The molecule has 1 aliphatic rings. The lowest BCUT2D eigenvalue weighted by Crippen LogP contribution is -2.47. The molecule has 0 spiro atoms. The molecule has 0 saturated carbocycles. The number of carbonyl (C=O) groups excluding carboxylic acids is 1. The minimum atomic E-state index is -4.89. The van der Waals surface area contributed by atoms with Gasteiger partial charge in [0.1, 0.15) is 0 Å². The number of carbonyl (C=O) groups is 2. The van der Waals surface area contributed by atoms with Crippen LogP contribution < -0.4 is 0 Å². The van der Waals surface area contributed by atoms with Crippen LogP contribution in [0.4, 0.5) is 13.2 Å². The van der Waals surface area contributed by atoms with Gasteiger partial charge in [0.05, 0.1) is 0 Å². The summed E-state index contributed by atoms with van der Waals surface area (Å²) in [6.45, 7) is 0.777. The van der Waals surface area contributed by atoms with E-state index in [-0.39, 0.29) is 6.54 Å². The highest BCUT2D eigenvalue weighted by molar-refractivity contribution is 5.96. The largest absolute Gasteiger partial charge is 0.481 e. The van der Waals surface area contributed by atoms with E-state index in [2.05, 4.69) is 0 Å². The Bertz CT molecular complexity index is 600. The van der Waals surface area contributed by atoms with E-state index in [4.69, 9.17) is 5.11 Å². The van der Waals surface area contributed by atoms with E-state index in [1.165, 1.54) is 0 Å². The minimum absolute atomic E-state index is 0.220. The van der Waals surface area contributed by atoms with Gasteiger partial charge >= 0.3 is 12.1 Å². The van der Waals surface area contributed by atoms with Crippen LogP contribution in [0.25, 0.3) is 0 Å². The summed E-state index contributed by atoms with van der Waals surface area (Å²) in [7, 11) is 0. The molecule has 22 heavy (non-hydrogen) atoms. The lowest BCUT2D eigenvalue weighted by Gasteiger charge is -2.27. The summed E-state index contributed by atoms with van der Waals surface area (Å²) < 4.78 is 39.4. The number of rotatable bonds is 3. The van der Waals surface area contributed by atoms with Crippen LogP contribution in [0.1, 0.15) is 29.3 Å². The van der Waals surface area contributed by atoms with Crippen molar-refractivity contribution in [2.45, 2.75) is 25.9 Å². The second kappa shape index (κ2) is 5.62. The number of nitrogens with zero attached hydrogens (tertiary/aromatic N) is 1. The van der Waals surface area contributed by atoms with Gasteiger partial charge in [0.2, 0.25) is 0 Å². The quantitative estimate of drug-likeness (QED) is 0.933. The van der Waals surface area contributed by atoms with Crippen LogP contribution in [-0.2, 0) is 11.2 Å². The van der Waals surface area contributed by atoms with Crippen molar-refractivity contribution in [1.29, 1.82) is 0 Å². The summed E-state index contributed by atoms with van der Waals surface area (Å²) in [6.07, 6.45) is -4.94. The Morgan fingerprint density at radius 1 is 1.32 bits per heavy atom. The lowest BCUT2D eigenvalue weighted by molar-refractivity contribution is -0.227. The molecule has 1 aliphatic heterocycles. The third-order valence-corrected chi connectivity index (χ3v) is 4.14. The summed E-state index contributed by atoms with van der Waals surface area (Å²) >= 11 is 0. The summed E-state index contributed by atoms with van der Waals surface area (Å²) in [5.74, 6) is -2.48. The molecular formula is C15H16F3NO3. The number of halogens is 3. The molecule has 1 fully saturated rings. The molecule has 0 radical (unpaired) electrons. The summed E-state index contributed by atoms with van der Waals surface area (Å²) in [5.41, 5.74) is -1.82. The number of benzene rings is 1. The number of amides is 1. The second-order valence-electron chi connectivity index (χ2n) is 5.37. The molecule has 1 saturated heterocycles. The topological polar surface area (TPSA) is 57.6 Å². The van der Waals surface area contributed by atoms with Crippen LogP contribution >= 0.6 is 0 Å².